The number of unbranched alkanes of at least 4 members (excludes halogenated alkanes) is 1. The lowest BCUT2D eigenvalue weighted by atomic mass is 9.90. The van der Waals surface area contributed by atoms with E-state index in [2.05, 4.69) is 73.4 Å². The van der Waals surface area contributed by atoms with E-state index in [0.717, 1.165) is 107 Å². The van der Waals surface area contributed by atoms with Gasteiger partial charge in [0.05, 0.1) is 43.0 Å². The summed E-state index contributed by atoms with van der Waals surface area (Å²) in [6.45, 7) is 5.45. The summed E-state index contributed by atoms with van der Waals surface area (Å²) in [4.78, 5) is 60.7. The number of alkyl carbamates (subject to hydrolysis) is 1. The van der Waals surface area contributed by atoms with Gasteiger partial charge in [-0.15, -0.1) is 0 Å². The molecule has 0 radical (unpaired) electrons. The highest BCUT2D eigenvalue weighted by Gasteiger charge is 2.38. The Hall–Kier alpha value is -5.56. The maximum absolute atomic E-state index is 13.7. The quantitative estimate of drug-likeness (QED) is 0.0992. The molecule has 1 saturated heterocycles. The van der Waals surface area contributed by atoms with Crippen LogP contribution in [0.3, 0.4) is 0 Å². The Labute approximate surface area is 315 Å². The van der Waals surface area contributed by atoms with E-state index >= 15 is 0 Å². The van der Waals surface area contributed by atoms with Crippen molar-refractivity contribution < 1.29 is 19.1 Å². The molecule has 54 heavy (non-hydrogen) atoms. The first kappa shape index (κ1) is 36.8. The van der Waals surface area contributed by atoms with Crippen LogP contribution in [-0.2, 0) is 33.6 Å². The number of aromatic amines is 2. The Balaban J connectivity index is 1.03. The molecule has 282 valence electrons. The molecule has 1 aliphatic carbocycles. The topological polar surface area (TPSA) is 170 Å². The Morgan fingerprint density at radius 2 is 1.83 bits per heavy atom. The van der Waals surface area contributed by atoms with Gasteiger partial charge in [-0.2, -0.15) is 0 Å². The molecule has 1 aliphatic heterocycles. The number of nitrogens with one attached hydrogen (secondary N) is 5. The highest BCUT2D eigenvalue weighted by molar-refractivity contribution is 5.89. The van der Waals surface area contributed by atoms with Crippen molar-refractivity contribution in [2.24, 2.45) is 5.92 Å². The lowest BCUT2D eigenvalue weighted by Gasteiger charge is -2.30. The number of benzene rings is 2. The molecule has 2 unspecified atom stereocenters. The fourth-order valence-electron chi connectivity index (χ4n) is 7.61. The first-order valence-electron chi connectivity index (χ1n) is 18.9. The number of hydrogen-bond donors (Lipinski definition) is 5. The van der Waals surface area contributed by atoms with Gasteiger partial charge in [-0.25, -0.2) is 14.8 Å². The lowest BCUT2D eigenvalue weighted by Crippen LogP contribution is -2.51. The molecule has 0 saturated carbocycles. The van der Waals surface area contributed by atoms with Gasteiger partial charge >= 0.3 is 6.09 Å². The number of likely N-dealkylation sites (tertiary alicyclic amines) is 1. The van der Waals surface area contributed by atoms with E-state index in [1.165, 1.54) is 12.7 Å². The predicted octanol–water partition coefficient (Wildman–Crippen LogP) is 5.48. The summed E-state index contributed by atoms with van der Waals surface area (Å²) in [6.07, 6.45) is 9.24. The maximum atomic E-state index is 13.7. The molecular formula is C41H49N9O4. The number of likely N-dealkylation sites (N-methyl/N-ethyl adjacent to an activating group) is 1. The van der Waals surface area contributed by atoms with Gasteiger partial charge in [0.1, 0.15) is 17.7 Å². The summed E-state index contributed by atoms with van der Waals surface area (Å²) in [5.74, 6) is 1.55. The van der Waals surface area contributed by atoms with Gasteiger partial charge in [-0.3, -0.25) is 14.6 Å². The smallest absolute Gasteiger partial charge is 0.407 e. The highest BCUT2D eigenvalue weighted by Crippen LogP contribution is 2.39. The molecule has 3 aromatic heterocycles. The minimum absolute atomic E-state index is 0.0130. The van der Waals surface area contributed by atoms with Gasteiger partial charge in [0.25, 0.3) is 0 Å². The zero-order chi connectivity index (χ0) is 37.8. The number of aryl methyl sites for hydroxylation is 3. The normalized spacial score (nSPS) is 15.6. The van der Waals surface area contributed by atoms with Gasteiger partial charge in [-0.1, -0.05) is 38.1 Å². The van der Waals surface area contributed by atoms with Gasteiger partial charge in [0.15, 0.2) is 0 Å². The van der Waals surface area contributed by atoms with E-state index in [9.17, 15) is 14.4 Å². The number of pyridine rings is 1. The van der Waals surface area contributed by atoms with Crippen molar-refractivity contribution in [3.05, 3.63) is 77.8 Å². The average Bonchev–Trinajstić information content (AvgIpc) is 3.96. The van der Waals surface area contributed by atoms with Crippen molar-refractivity contribution in [1.82, 2.24) is 45.8 Å². The lowest BCUT2D eigenvalue weighted by molar-refractivity contribution is -0.135. The van der Waals surface area contributed by atoms with Crippen LogP contribution in [0.25, 0.3) is 44.5 Å². The first-order valence-corrected chi connectivity index (χ1v) is 18.9. The molecule has 0 spiro atoms. The Bertz CT molecular complexity index is 2160. The molecule has 2 aliphatic rings. The number of fused-ring (bicyclic) bond motifs is 4. The highest BCUT2D eigenvalue weighted by atomic mass is 16.5. The number of carbonyl (C=O) groups is 3. The predicted molar refractivity (Wildman–Crippen MR) is 207 cm³/mol. The maximum Gasteiger partial charge on any atom is 0.407 e. The molecule has 2 atom stereocenters. The molecule has 0 bridgehead atoms. The monoisotopic (exact) mass is 731 g/mol. The van der Waals surface area contributed by atoms with Crippen molar-refractivity contribution in [2.45, 2.75) is 70.9 Å². The molecule has 2 aromatic carbocycles. The van der Waals surface area contributed by atoms with Gasteiger partial charge < -0.3 is 35.6 Å². The number of amides is 3. The fraction of sp³-hybridized carbons (Fsp3) is 0.415. The minimum Gasteiger partial charge on any atom is -0.453 e. The van der Waals surface area contributed by atoms with Crippen LogP contribution in [0.5, 0.6) is 0 Å². The van der Waals surface area contributed by atoms with Crippen LogP contribution < -0.4 is 16.0 Å². The zero-order valence-corrected chi connectivity index (χ0v) is 31.4. The molecule has 5 N–H and O–H groups in total. The van der Waals surface area contributed by atoms with Crippen LogP contribution in [-0.4, -0.2) is 87.6 Å². The minimum atomic E-state index is -0.672. The number of ether oxygens (including phenoxy) is 1. The average molecular weight is 732 g/mol. The van der Waals surface area contributed by atoms with Crippen LogP contribution in [0.15, 0.2) is 54.9 Å². The number of hydrogen-bond acceptors (Lipinski definition) is 8. The molecular weight excluding hydrogens is 683 g/mol. The number of rotatable bonds is 13. The second-order valence-electron chi connectivity index (χ2n) is 14.6. The van der Waals surface area contributed by atoms with E-state index in [1.807, 2.05) is 31.1 Å². The van der Waals surface area contributed by atoms with Gasteiger partial charge in [0, 0.05) is 53.5 Å². The number of carbonyl (C=O) groups excluding carboxylic acids is 3. The van der Waals surface area contributed by atoms with Crippen LogP contribution in [0.4, 0.5) is 4.79 Å². The summed E-state index contributed by atoms with van der Waals surface area (Å²) < 4.78 is 4.79. The molecule has 4 heterocycles. The van der Waals surface area contributed by atoms with Crippen molar-refractivity contribution in [3.63, 3.8) is 0 Å². The Kier molecular flexibility index (Phi) is 11.0. The number of imidazole rings is 2. The third kappa shape index (κ3) is 7.86. The fourth-order valence-corrected chi connectivity index (χ4v) is 7.61. The van der Waals surface area contributed by atoms with Crippen molar-refractivity contribution >= 4 is 28.7 Å². The van der Waals surface area contributed by atoms with E-state index in [1.54, 1.807) is 7.05 Å². The summed E-state index contributed by atoms with van der Waals surface area (Å²) >= 11 is 0. The van der Waals surface area contributed by atoms with E-state index in [-0.39, 0.29) is 23.8 Å². The van der Waals surface area contributed by atoms with Crippen LogP contribution in [0.2, 0.25) is 0 Å². The van der Waals surface area contributed by atoms with Crippen LogP contribution in [0.1, 0.15) is 68.5 Å². The van der Waals surface area contributed by atoms with Crippen molar-refractivity contribution in [3.8, 4) is 33.8 Å². The number of nitrogens with zero attached hydrogens (tertiary/aromatic N) is 4. The Morgan fingerprint density at radius 1 is 0.981 bits per heavy atom. The van der Waals surface area contributed by atoms with Gasteiger partial charge in [-0.05, 0) is 80.6 Å². The van der Waals surface area contributed by atoms with E-state index in [0.29, 0.717) is 19.6 Å². The summed E-state index contributed by atoms with van der Waals surface area (Å²) in [6, 6.07) is 14.2. The third-order valence-electron chi connectivity index (χ3n) is 10.5. The van der Waals surface area contributed by atoms with Gasteiger partial charge in [0.2, 0.25) is 11.8 Å². The summed E-state index contributed by atoms with van der Waals surface area (Å²) in [7, 11) is 3.07. The second kappa shape index (κ2) is 16.2. The zero-order valence-electron chi connectivity index (χ0n) is 31.4. The molecule has 1 fully saturated rings. The summed E-state index contributed by atoms with van der Waals surface area (Å²) in [5.41, 5.74) is 8.36. The summed E-state index contributed by atoms with van der Waals surface area (Å²) in [5, 5.41) is 10.7. The number of H-pyrrole nitrogens is 2. The molecule has 13 heteroatoms. The van der Waals surface area contributed by atoms with E-state index < -0.39 is 12.1 Å². The van der Waals surface area contributed by atoms with Crippen LogP contribution >= 0.6 is 0 Å². The van der Waals surface area contributed by atoms with Crippen LogP contribution in [0, 0.1) is 5.92 Å². The third-order valence-corrected chi connectivity index (χ3v) is 10.5. The molecule has 7 rings (SSSR count). The van der Waals surface area contributed by atoms with Crippen molar-refractivity contribution in [2.75, 3.05) is 33.8 Å². The molecule has 5 aromatic rings. The molecule has 3 amide bonds. The second-order valence-corrected chi connectivity index (χ2v) is 14.6. The largest absolute Gasteiger partial charge is 0.453 e. The Morgan fingerprint density at radius 3 is 2.65 bits per heavy atom. The number of aromatic nitrogens is 5. The standard InChI is InChI=1S/C41H49N9O4/c1-24(2)37(49-41(53)54-4)40(52)50-17-7-8-34(50)39-47-31-15-13-26-18-27(12-14-30(26)38(31)48-39)32-20-25-10-11-28(19-29(25)21-44-32)33-22-45-35(46-33)9-5-6-16-43-36(51)23-42-3/h10-12,14,18-22,24,34,37,42H,5-9,13,15-17,23H2,1-4H3,(H,43,51)(H,45,46)(H,47,48)(H,49,53). The SMILES string of the molecule is CNCC(=O)NCCCCc1ncc(-c2ccc3cc(-c4ccc5c(c4)CCc4[nH]c(C6CCCN6C(=O)C(NC(=O)OC)C(C)C)nc4-5)ncc3c2)[nH]1. The molecule has 13 nitrogen and oxygen atoms in total. The first-order chi connectivity index (χ1) is 26.2. The number of methoxy groups -OCH3 is 1. The van der Waals surface area contributed by atoms with E-state index in [4.69, 9.17) is 14.7 Å². The van der Waals surface area contributed by atoms with Crippen molar-refractivity contribution in [1.29, 1.82) is 0 Å².